The summed E-state index contributed by atoms with van der Waals surface area (Å²) in [6.07, 6.45) is 0.933. The number of hydrogen-bond donors (Lipinski definition) is 1. The number of carbonyl (C=O) groups is 2. The molecule has 0 bridgehead atoms. The lowest BCUT2D eigenvalue weighted by Gasteiger charge is -2.30. The number of ether oxygens (including phenoxy) is 1. The van der Waals surface area contributed by atoms with Crippen molar-refractivity contribution >= 4 is 23.0 Å². The Kier molecular flexibility index (Phi) is 5.48. The molecule has 6 nitrogen and oxygen atoms in total. The maximum Gasteiger partial charge on any atom is 0.305 e. The zero-order valence-electron chi connectivity index (χ0n) is 18.1. The van der Waals surface area contributed by atoms with Gasteiger partial charge in [-0.05, 0) is 62.4 Å². The summed E-state index contributed by atoms with van der Waals surface area (Å²) in [5.41, 5.74) is 6.65. The van der Waals surface area contributed by atoms with Gasteiger partial charge in [0, 0.05) is 23.8 Å². The topological polar surface area (TPSA) is 89.4 Å². The predicted molar refractivity (Wildman–Crippen MR) is 118 cm³/mol. The molecule has 31 heavy (non-hydrogen) atoms. The van der Waals surface area contributed by atoms with E-state index in [-0.39, 0.29) is 18.8 Å². The van der Waals surface area contributed by atoms with Gasteiger partial charge in [0.05, 0.1) is 29.0 Å². The van der Waals surface area contributed by atoms with Gasteiger partial charge in [0.1, 0.15) is 0 Å². The van der Waals surface area contributed by atoms with E-state index in [1.807, 2.05) is 50.2 Å². The molecular weight excluding hydrogens is 392 g/mol. The van der Waals surface area contributed by atoms with E-state index in [4.69, 9.17) is 14.7 Å². The minimum Gasteiger partial charge on any atom is -0.481 e. The molecule has 0 saturated carbocycles. The van der Waals surface area contributed by atoms with Crippen LogP contribution in [0.25, 0.3) is 22.3 Å². The van der Waals surface area contributed by atoms with Gasteiger partial charge in [-0.3, -0.25) is 9.59 Å². The highest BCUT2D eigenvalue weighted by molar-refractivity contribution is 5.85. The summed E-state index contributed by atoms with van der Waals surface area (Å²) in [6, 6.07) is 12.0. The molecule has 6 heteroatoms. The van der Waals surface area contributed by atoms with Crippen LogP contribution in [0.3, 0.4) is 0 Å². The molecule has 1 unspecified atom stereocenters. The zero-order valence-corrected chi connectivity index (χ0v) is 18.1. The lowest BCUT2D eigenvalue weighted by Crippen LogP contribution is -2.29. The highest BCUT2D eigenvalue weighted by atomic mass is 16.5. The van der Waals surface area contributed by atoms with E-state index in [1.54, 1.807) is 6.92 Å². The number of rotatable bonds is 7. The van der Waals surface area contributed by atoms with Crippen LogP contribution in [-0.4, -0.2) is 33.6 Å². The molecule has 160 valence electrons. The summed E-state index contributed by atoms with van der Waals surface area (Å²) in [5, 5.41) is 9.46. The van der Waals surface area contributed by atoms with Gasteiger partial charge in [-0.15, -0.1) is 0 Å². The maximum absolute atomic E-state index is 12.2. The highest BCUT2D eigenvalue weighted by Gasteiger charge is 2.45. The van der Waals surface area contributed by atoms with Crippen molar-refractivity contribution < 1.29 is 19.4 Å². The molecule has 0 amide bonds. The normalized spacial score (nSPS) is 16.7. The Morgan fingerprint density at radius 2 is 1.65 bits per heavy atom. The molecule has 0 fully saturated rings. The average molecular weight is 418 g/mol. The fraction of sp³-hybridized carbons (Fsp3) is 0.360. The van der Waals surface area contributed by atoms with Crippen LogP contribution >= 0.6 is 0 Å². The molecule has 1 N–H and O–H groups in total. The lowest BCUT2D eigenvalue weighted by atomic mass is 9.73. The predicted octanol–water partition coefficient (Wildman–Crippen LogP) is 4.72. The number of aryl methyl sites for hydroxylation is 2. The number of carboxylic acids is 1. The van der Waals surface area contributed by atoms with Crippen LogP contribution in [0, 0.1) is 13.8 Å². The average Bonchev–Trinajstić information content (AvgIpc) is 3.00. The number of aromatic nitrogens is 2. The first-order valence-electron chi connectivity index (χ1n) is 10.6. The molecule has 3 aromatic rings. The van der Waals surface area contributed by atoms with Crippen molar-refractivity contribution in [2.24, 2.45) is 0 Å². The van der Waals surface area contributed by atoms with Crippen LogP contribution in [0.4, 0.5) is 0 Å². The molecule has 0 aliphatic heterocycles. The first-order valence-corrected chi connectivity index (χ1v) is 10.6. The standard InChI is InChI=1S/C25H26N2O4/c1-4-31-22(30)10-12-25(11-9-21(28)29)18-8-6-5-7-17(18)23-24(25)27-20-14-16(3)15(2)13-19(20)26-23/h5-8,13-14H,4,9-12H2,1-3H3,(H,28,29). The van der Waals surface area contributed by atoms with Gasteiger partial charge in [0.25, 0.3) is 0 Å². The SMILES string of the molecule is CCOC(=O)CCC1(CCC(=O)O)c2ccccc2-c2nc3cc(C)c(C)cc3nc21. The number of esters is 1. The van der Waals surface area contributed by atoms with E-state index in [0.717, 1.165) is 44.7 Å². The number of carbonyl (C=O) groups excluding carboxylic acids is 1. The summed E-state index contributed by atoms with van der Waals surface area (Å²) < 4.78 is 5.16. The van der Waals surface area contributed by atoms with Crippen LogP contribution in [-0.2, 0) is 19.7 Å². The second-order valence-electron chi connectivity index (χ2n) is 8.17. The summed E-state index contributed by atoms with van der Waals surface area (Å²) in [7, 11) is 0. The van der Waals surface area contributed by atoms with Gasteiger partial charge >= 0.3 is 11.9 Å². The number of hydrogen-bond acceptors (Lipinski definition) is 5. The maximum atomic E-state index is 12.2. The van der Waals surface area contributed by atoms with E-state index >= 15 is 0 Å². The fourth-order valence-electron chi connectivity index (χ4n) is 4.57. The summed E-state index contributed by atoms with van der Waals surface area (Å²) in [6.45, 7) is 6.18. The smallest absolute Gasteiger partial charge is 0.305 e. The molecule has 0 radical (unpaired) electrons. The van der Waals surface area contributed by atoms with Gasteiger partial charge < -0.3 is 9.84 Å². The first-order chi connectivity index (χ1) is 14.9. The van der Waals surface area contributed by atoms with Crippen molar-refractivity contribution in [2.75, 3.05) is 6.61 Å². The van der Waals surface area contributed by atoms with Crippen LogP contribution < -0.4 is 0 Å². The van der Waals surface area contributed by atoms with Crippen molar-refractivity contribution in [1.82, 2.24) is 9.97 Å². The third-order valence-electron chi connectivity index (χ3n) is 6.26. The number of nitrogens with zero attached hydrogens (tertiary/aromatic N) is 2. The van der Waals surface area contributed by atoms with Crippen LogP contribution in [0.5, 0.6) is 0 Å². The first kappa shape index (κ1) is 21.0. The van der Waals surface area contributed by atoms with Gasteiger partial charge in [0.2, 0.25) is 0 Å². The molecule has 1 aliphatic rings. The van der Waals surface area contributed by atoms with Crippen molar-refractivity contribution in [3.8, 4) is 11.3 Å². The van der Waals surface area contributed by atoms with Crippen molar-refractivity contribution in [2.45, 2.75) is 51.9 Å². The van der Waals surface area contributed by atoms with Crippen LogP contribution in [0.15, 0.2) is 36.4 Å². The fourth-order valence-corrected chi connectivity index (χ4v) is 4.57. The zero-order chi connectivity index (χ0) is 22.2. The Balaban J connectivity index is 1.93. The molecule has 0 saturated heterocycles. The van der Waals surface area contributed by atoms with E-state index in [1.165, 1.54) is 0 Å². The molecule has 1 aromatic heterocycles. The van der Waals surface area contributed by atoms with E-state index in [2.05, 4.69) is 0 Å². The lowest BCUT2D eigenvalue weighted by molar-refractivity contribution is -0.143. The quantitative estimate of drug-likeness (QED) is 0.559. The second-order valence-corrected chi connectivity index (χ2v) is 8.17. The van der Waals surface area contributed by atoms with Crippen molar-refractivity contribution in [3.63, 3.8) is 0 Å². The third-order valence-corrected chi connectivity index (χ3v) is 6.26. The number of carboxylic acid groups (broad SMARTS) is 1. The summed E-state index contributed by atoms with van der Waals surface area (Å²) in [5.74, 6) is -1.16. The van der Waals surface area contributed by atoms with Gasteiger partial charge in [-0.1, -0.05) is 24.3 Å². The molecule has 2 aromatic carbocycles. The van der Waals surface area contributed by atoms with E-state index < -0.39 is 11.4 Å². The summed E-state index contributed by atoms with van der Waals surface area (Å²) in [4.78, 5) is 33.7. The number of fused-ring (bicyclic) bond motifs is 4. The monoisotopic (exact) mass is 418 g/mol. The third kappa shape index (κ3) is 3.67. The highest BCUT2D eigenvalue weighted by Crippen LogP contribution is 2.52. The van der Waals surface area contributed by atoms with E-state index in [9.17, 15) is 14.7 Å². The van der Waals surface area contributed by atoms with Gasteiger partial charge in [-0.2, -0.15) is 0 Å². The minimum absolute atomic E-state index is 0.0246. The number of aliphatic carboxylic acids is 1. The van der Waals surface area contributed by atoms with Crippen molar-refractivity contribution in [1.29, 1.82) is 0 Å². The van der Waals surface area contributed by atoms with E-state index in [0.29, 0.717) is 19.4 Å². The van der Waals surface area contributed by atoms with Gasteiger partial charge in [-0.25, -0.2) is 9.97 Å². The Labute approximate surface area is 181 Å². The molecule has 1 atom stereocenters. The molecule has 4 rings (SSSR count). The molecule has 0 spiro atoms. The largest absolute Gasteiger partial charge is 0.481 e. The Morgan fingerprint density at radius 1 is 1.00 bits per heavy atom. The minimum atomic E-state index is -0.873. The Bertz CT molecular complexity index is 1190. The van der Waals surface area contributed by atoms with Crippen LogP contribution in [0.2, 0.25) is 0 Å². The Morgan fingerprint density at radius 3 is 2.32 bits per heavy atom. The van der Waals surface area contributed by atoms with Crippen LogP contribution in [0.1, 0.15) is 55.0 Å². The molecular formula is C25H26N2O4. The van der Waals surface area contributed by atoms with Crippen molar-refractivity contribution in [3.05, 3.63) is 58.8 Å². The van der Waals surface area contributed by atoms with Gasteiger partial charge in [0.15, 0.2) is 0 Å². The molecule has 1 aliphatic carbocycles. The second kappa shape index (κ2) is 8.10. The molecule has 1 heterocycles. The number of benzene rings is 2. The summed E-state index contributed by atoms with van der Waals surface area (Å²) >= 11 is 0. The Hall–Kier alpha value is -3.28.